The molecular weight excluding hydrogens is 634 g/mol. The molecular formula is C32H51N3O13. The second-order valence-electron chi connectivity index (χ2n) is 11.0. The van der Waals surface area contributed by atoms with E-state index in [1.807, 2.05) is 0 Å². The lowest BCUT2D eigenvalue weighted by molar-refractivity contribution is -0.165. The van der Waals surface area contributed by atoms with Crippen molar-refractivity contribution in [2.45, 2.75) is 58.2 Å². The van der Waals surface area contributed by atoms with Gasteiger partial charge in [0.2, 0.25) is 0 Å². The molecule has 0 spiro atoms. The first-order valence-electron chi connectivity index (χ1n) is 15.4. The Labute approximate surface area is 281 Å². The maximum Gasteiger partial charge on any atom is 0.330 e. The average molecular weight is 686 g/mol. The molecule has 4 N–H and O–H groups in total. The Balaban J connectivity index is 5.06. The standard InChI is InChI=1S/C32H51N3O13/c1-7-26(37)43-16-23(4)33-13-10-29(40)46-20-32(19-36,21-47-30(41)11-14-34-24(5)17-44-27(38)8-2)22-48-31(42)12-15-35-25(6)18-45-28(39)9-3/h7-9,23-25,33-36H,1-3,10-22H2,4-6H3. The van der Waals surface area contributed by atoms with E-state index in [0.717, 1.165) is 18.2 Å². The summed E-state index contributed by atoms with van der Waals surface area (Å²) in [5, 5.41) is 19.3. The van der Waals surface area contributed by atoms with Crippen LogP contribution in [0.2, 0.25) is 0 Å². The minimum Gasteiger partial charge on any atom is -0.465 e. The van der Waals surface area contributed by atoms with E-state index >= 15 is 0 Å². The van der Waals surface area contributed by atoms with Crippen molar-refractivity contribution in [1.29, 1.82) is 0 Å². The Kier molecular flexibility index (Phi) is 23.7. The van der Waals surface area contributed by atoms with Crippen molar-refractivity contribution < 1.29 is 62.3 Å². The van der Waals surface area contributed by atoms with Gasteiger partial charge in [-0.25, -0.2) is 14.4 Å². The number of esters is 6. The first-order valence-corrected chi connectivity index (χ1v) is 15.4. The quantitative estimate of drug-likeness (QED) is 0.0480. The van der Waals surface area contributed by atoms with E-state index < -0.39 is 67.7 Å². The van der Waals surface area contributed by atoms with Crippen LogP contribution in [0.3, 0.4) is 0 Å². The summed E-state index contributed by atoms with van der Waals surface area (Å²) in [4.78, 5) is 71.0. The first-order chi connectivity index (χ1) is 22.8. The molecule has 0 fully saturated rings. The van der Waals surface area contributed by atoms with Gasteiger partial charge in [0, 0.05) is 56.0 Å². The Morgan fingerprint density at radius 2 is 0.833 bits per heavy atom. The van der Waals surface area contributed by atoms with Gasteiger partial charge in [-0.05, 0) is 20.8 Å². The van der Waals surface area contributed by atoms with Gasteiger partial charge in [0.05, 0.1) is 31.3 Å². The molecule has 0 aromatic rings. The zero-order chi connectivity index (χ0) is 36.4. The van der Waals surface area contributed by atoms with Gasteiger partial charge in [-0.2, -0.15) is 0 Å². The molecule has 3 atom stereocenters. The molecule has 0 rings (SSSR count). The Morgan fingerprint density at radius 3 is 1.06 bits per heavy atom. The highest BCUT2D eigenvalue weighted by Crippen LogP contribution is 2.20. The van der Waals surface area contributed by atoms with Gasteiger partial charge in [-0.3, -0.25) is 14.4 Å². The van der Waals surface area contributed by atoms with E-state index in [4.69, 9.17) is 28.4 Å². The molecule has 0 saturated heterocycles. The number of aliphatic hydroxyl groups is 1. The summed E-state index contributed by atoms with van der Waals surface area (Å²) in [6.07, 6.45) is 2.91. The summed E-state index contributed by atoms with van der Waals surface area (Å²) >= 11 is 0. The highest BCUT2D eigenvalue weighted by Gasteiger charge is 2.35. The van der Waals surface area contributed by atoms with E-state index in [1.54, 1.807) is 20.8 Å². The van der Waals surface area contributed by atoms with Crippen LogP contribution in [0.15, 0.2) is 38.0 Å². The fourth-order valence-electron chi connectivity index (χ4n) is 3.42. The maximum atomic E-state index is 12.5. The van der Waals surface area contributed by atoms with E-state index in [-0.39, 0.29) is 76.8 Å². The fraction of sp³-hybridized carbons (Fsp3) is 0.625. The summed E-state index contributed by atoms with van der Waals surface area (Å²) < 4.78 is 30.9. The van der Waals surface area contributed by atoms with Crippen molar-refractivity contribution in [2.24, 2.45) is 5.41 Å². The first kappa shape index (κ1) is 43.9. The molecule has 0 saturated carbocycles. The zero-order valence-electron chi connectivity index (χ0n) is 28.1. The molecule has 48 heavy (non-hydrogen) atoms. The largest absolute Gasteiger partial charge is 0.465 e. The van der Waals surface area contributed by atoms with Crippen molar-refractivity contribution in [3.8, 4) is 0 Å². The highest BCUT2D eigenvalue weighted by atomic mass is 16.6. The van der Waals surface area contributed by atoms with Crippen molar-refractivity contribution in [1.82, 2.24) is 16.0 Å². The number of carbonyl (C=O) groups is 6. The van der Waals surface area contributed by atoms with Gasteiger partial charge in [0.1, 0.15) is 39.6 Å². The van der Waals surface area contributed by atoms with Crippen LogP contribution in [0.4, 0.5) is 0 Å². The van der Waals surface area contributed by atoms with Gasteiger partial charge < -0.3 is 49.5 Å². The molecule has 0 aliphatic heterocycles. The van der Waals surface area contributed by atoms with Crippen LogP contribution in [0.5, 0.6) is 0 Å². The molecule has 0 aliphatic rings. The minimum atomic E-state index is -1.46. The smallest absolute Gasteiger partial charge is 0.330 e. The second kappa shape index (κ2) is 25.9. The molecule has 0 heterocycles. The molecule has 3 unspecified atom stereocenters. The molecule has 272 valence electrons. The Bertz CT molecular complexity index is 939. The highest BCUT2D eigenvalue weighted by molar-refractivity contribution is 5.81. The molecule has 0 aliphatic carbocycles. The molecule has 16 heteroatoms. The van der Waals surface area contributed by atoms with E-state index in [0.29, 0.717) is 0 Å². The number of aliphatic hydroxyl groups excluding tert-OH is 1. The van der Waals surface area contributed by atoms with Gasteiger partial charge in [-0.1, -0.05) is 19.7 Å². The summed E-state index contributed by atoms with van der Waals surface area (Å²) in [7, 11) is 0. The summed E-state index contributed by atoms with van der Waals surface area (Å²) in [6, 6.07) is -0.760. The number of hydrogen-bond donors (Lipinski definition) is 4. The second-order valence-corrected chi connectivity index (χ2v) is 11.0. The number of nitrogens with one attached hydrogen (secondary N) is 3. The predicted octanol–water partition coefficient (Wildman–Crippen LogP) is -0.113. The zero-order valence-corrected chi connectivity index (χ0v) is 28.1. The van der Waals surface area contributed by atoms with E-state index in [9.17, 15) is 33.9 Å². The lowest BCUT2D eigenvalue weighted by Gasteiger charge is -2.30. The van der Waals surface area contributed by atoms with Crippen molar-refractivity contribution in [3.63, 3.8) is 0 Å². The monoisotopic (exact) mass is 685 g/mol. The lowest BCUT2D eigenvalue weighted by atomic mass is 9.92. The minimum absolute atomic E-state index is 0.0681. The third-order valence-electron chi connectivity index (χ3n) is 6.35. The van der Waals surface area contributed by atoms with Crippen molar-refractivity contribution in [3.05, 3.63) is 38.0 Å². The van der Waals surface area contributed by atoms with Crippen LogP contribution in [-0.4, -0.2) is 125 Å². The summed E-state index contributed by atoms with van der Waals surface area (Å²) in [5.41, 5.74) is -1.46. The topological polar surface area (TPSA) is 214 Å². The van der Waals surface area contributed by atoms with Crippen molar-refractivity contribution >= 4 is 35.8 Å². The molecule has 0 aromatic carbocycles. The molecule has 0 aromatic heterocycles. The van der Waals surface area contributed by atoms with Crippen LogP contribution in [0.1, 0.15) is 40.0 Å². The predicted molar refractivity (Wildman–Crippen MR) is 172 cm³/mol. The van der Waals surface area contributed by atoms with E-state index in [1.165, 1.54) is 0 Å². The number of rotatable bonds is 28. The lowest BCUT2D eigenvalue weighted by Crippen LogP contribution is -2.43. The Morgan fingerprint density at radius 1 is 0.562 bits per heavy atom. The average Bonchev–Trinajstić information content (AvgIpc) is 3.08. The Hall–Kier alpha value is -4.12. The maximum absolute atomic E-state index is 12.5. The van der Waals surface area contributed by atoms with Crippen molar-refractivity contribution in [2.75, 3.05) is 65.9 Å². The van der Waals surface area contributed by atoms with Gasteiger partial charge in [0.25, 0.3) is 0 Å². The number of hydrogen-bond acceptors (Lipinski definition) is 16. The molecule has 16 nitrogen and oxygen atoms in total. The molecule has 0 radical (unpaired) electrons. The van der Waals surface area contributed by atoms with Crippen LogP contribution in [0.25, 0.3) is 0 Å². The van der Waals surface area contributed by atoms with Crippen LogP contribution in [-0.2, 0) is 57.2 Å². The van der Waals surface area contributed by atoms with Gasteiger partial charge in [0.15, 0.2) is 0 Å². The summed E-state index contributed by atoms with van der Waals surface area (Å²) in [6.45, 7) is 14.1. The third kappa shape index (κ3) is 22.4. The SMILES string of the molecule is C=CC(=O)OCC(C)NCCC(=O)OCC(CO)(COC(=O)CCNC(C)COC(=O)C=C)COC(=O)CCNC(C)COC(=O)C=C. The number of ether oxygens (including phenoxy) is 6. The van der Waals surface area contributed by atoms with Gasteiger partial charge >= 0.3 is 35.8 Å². The molecule has 0 bridgehead atoms. The van der Waals surface area contributed by atoms with Crippen LogP contribution < -0.4 is 16.0 Å². The fourth-order valence-corrected chi connectivity index (χ4v) is 3.42. The summed E-state index contributed by atoms with van der Waals surface area (Å²) in [5.74, 6) is -3.63. The van der Waals surface area contributed by atoms with Crippen LogP contribution in [0, 0.1) is 5.41 Å². The van der Waals surface area contributed by atoms with E-state index in [2.05, 4.69) is 35.7 Å². The third-order valence-corrected chi connectivity index (χ3v) is 6.35. The normalized spacial score (nSPS) is 13.8. The van der Waals surface area contributed by atoms with Crippen LogP contribution >= 0.6 is 0 Å². The van der Waals surface area contributed by atoms with Gasteiger partial charge in [-0.15, -0.1) is 0 Å². The number of carbonyl (C=O) groups excluding carboxylic acids is 6. The molecule has 0 amide bonds.